The van der Waals surface area contributed by atoms with Gasteiger partial charge in [0, 0.05) is 32.7 Å². The first-order valence-corrected chi connectivity index (χ1v) is 6.94. The van der Waals surface area contributed by atoms with Gasteiger partial charge < -0.3 is 19.7 Å². The lowest BCUT2D eigenvalue weighted by molar-refractivity contribution is 0.187. The molecule has 0 aliphatic carbocycles. The van der Waals surface area contributed by atoms with Gasteiger partial charge in [0.2, 0.25) is 5.89 Å². The van der Waals surface area contributed by atoms with Crippen molar-refractivity contribution in [3.63, 3.8) is 0 Å². The van der Waals surface area contributed by atoms with E-state index < -0.39 is 0 Å². The van der Waals surface area contributed by atoms with Crippen molar-refractivity contribution in [3.8, 4) is 0 Å². The maximum Gasteiger partial charge on any atom is 0.318 e. The summed E-state index contributed by atoms with van der Waals surface area (Å²) in [6.07, 6.45) is 1.09. The van der Waals surface area contributed by atoms with Crippen molar-refractivity contribution >= 4 is 6.01 Å². The molecule has 0 amide bonds. The number of aliphatic hydroxyl groups is 1. The number of aromatic nitrogens is 2. The summed E-state index contributed by atoms with van der Waals surface area (Å²) in [6.45, 7) is 8.24. The molecule has 0 aromatic carbocycles. The van der Waals surface area contributed by atoms with Crippen LogP contribution in [0, 0.1) is 0 Å². The topological polar surface area (TPSA) is 77.7 Å². The Hall–Kier alpha value is -1.18. The largest absolute Gasteiger partial charge is 0.407 e. The second-order valence-corrected chi connectivity index (χ2v) is 4.71. The number of aliphatic hydroxyl groups excluding tert-OH is 1. The van der Waals surface area contributed by atoms with E-state index in [0.29, 0.717) is 18.5 Å². The lowest BCUT2D eigenvalue weighted by atomic mass is 10.3. The third-order valence-electron chi connectivity index (χ3n) is 3.22. The van der Waals surface area contributed by atoms with Gasteiger partial charge in [0.15, 0.2) is 0 Å². The molecule has 2 N–H and O–H groups in total. The molecule has 0 radical (unpaired) electrons. The van der Waals surface area contributed by atoms with Crippen molar-refractivity contribution < 1.29 is 9.52 Å². The van der Waals surface area contributed by atoms with Gasteiger partial charge in [-0.3, -0.25) is 4.90 Å². The van der Waals surface area contributed by atoms with Crippen LogP contribution in [0.25, 0.3) is 0 Å². The Kier molecular flexibility index (Phi) is 5.56. The van der Waals surface area contributed by atoms with Crippen LogP contribution in [0.15, 0.2) is 4.42 Å². The minimum atomic E-state index is 0.216. The molecule has 1 aromatic heterocycles. The van der Waals surface area contributed by atoms with E-state index >= 15 is 0 Å². The predicted octanol–water partition coefficient (Wildman–Crippen LogP) is -0.316. The summed E-state index contributed by atoms with van der Waals surface area (Å²) in [4.78, 5) is 4.33. The van der Waals surface area contributed by atoms with Gasteiger partial charge in [0.05, 0.1) is 13.2 Å². The Bertz CT molecular complexity index is 363. The quantitative estimate of drug-likeness (QED) is 0.657. The first-order chi connectivity index (χ1) is 9.33. The fourth-order valence-corrected chi connectivity index (χ4v) is 2.12. The van der Waals surface area contributed by atoms with Crippen molar-refractivity contribution in [2.75, 3.05) is 50.8 Å². The number of nitrogens with zero attached hydrogens (tertiary/aromatic N) is 4. The van der Waals surface area contributed by atoms with Crippen molar-refractivity contribution in [1.29, 1.82) is 0 Å². The van der Waals surface area contributed by atoms with E-state index in [-0.39, 0.29) is 6.61 Å². The van der Waals surface area contributed by atoms with Gasteiger partial charge in [-0.05, 0) is 13.0 Å². The van der Waals surface area contributed by atoms with Gasteiger partial charge in [-0.15, -0.1) is 5.10 Å². The highest BCUT2D eigenvalue weighted by atomic mass is 16.4. The molecule has 2 heterocycles. The fraction of sp³-hybridized carbons (Fsp3) is 0.833. The third kappa shape index (κ3) is 4.15. The maximum absolute atomic E-state index is 8.90. The third-order valence-corrected chi connectivity index (χ3v) is 3.22. The van der Waals surface area contributed by atoms with E-state index in [9.17, 15) is 0 Å². The predicted molar refractivity (Wildman–Crippen MR) is 72.0 cm³/mol. The molecular weight excluding hydrogens is 246 g/mol. The van der Waals surface area contributed by atoms with E-state index in [0.717, 1.165) is 45.7 Å². The highest BCUT2D eigenvalue weighted by Gasteiger charge is 2.20. The number of rotatable bonds is 7. The Balaban J connectivity index is 1.79. The van der Waals surface area contributed by atoms with Crippen molar-refractivity contribution in [1.82, 2.24) is 20.4 Å². The summed E-state index contributed by atoms with van der Waals surface area (Å²) >= 11 is 0. The van der Waals surface area contributed by atoms with Gasteiger partial charge >= 0.3 is 6.01 Å². The number of hydrogen-bond acceptors (Lipinski definition) is 7. The molecule has 19 heavy (non-hydrogen) atoms. The molecule has 1 aliphatic rings. The molecule has 108 valence electrons. The Morgan fingerprint density at radius 2 is 2.05 bits per heavy atom. The van der Waals surface area contributed by atoms with E-state index in [2.05, 4.69) is 32.2 Å². The molecular formula is C12H23N5O2. The van der Waals surface area contributed by atoms with Crippen LogP contribution < -0.4 is 10.2 Å². The van der Waals surface area contributed by atoms with Crippen LogP contribution in [0.1, 0.15) is 19.2 Å². The number of β-amino-alcohol motifs (C(OH)–C–C–N with tert-alkyl or cyclic N) is 1. The molecule has 0 atom stereocenters. The van der Waals surface area contributed by atoms with Crippen LogP contribution in [0.2, 0.25) is 0 Å². The zero-order valence-corrected chi connectivity index (χ0v) is 11.5. The average molecular weight is 269 g/mol. The molecule has 1 aromatic rings. The van der Waals surface area contributed by atoms with Gasteiger partial charge in [-0.1, -0.05) is 12.0 Å². The van der Waals surface area contributed by atoms with Gasteiger partial charge in [-0.2, -0.15) is 0 Å². The maximum atomic E-state index is 8.90. The summed E-state index contributed by atoms with van der Waals surface area (Å²) in [5.41, 5.74) is 0. The highest BCUT2D eigenvalue weighted by Crippen LogP contribution is 2.14. The van der Waals surface area contributed by atoms with Crippen molar-refractivity contribution in [2.45, 2.75) is 19.9 Å². The van der Waals surface area contributed by atoms with E-state index in [1.165, 1.54) is 0 Å². The average Bonchev–Trinajstić information content (AvgIpc) is 2.89. The zero-order chi connectivity index (χ0) is 13.5. The van der Waals surface area contributed by atoms with Crippen LogP contribution in [-0.4, -0.2) is 66.1 Å². The molecule has 2 rings (SSSR count). The normalized spacial score (nSPS) is 17.1. The Morgan fingerprint density at radius 3 is 2.74 bits per heavy atom. The molecule has 0 spiro atoms. The molecule has 7 heteroatoms. The number of piperazine rings is 1. The molecule has 1 aliphatic heterocycles. The second kappa shape index (κ2) is 7.42. The SMILES string of the molecule is CCCNCc1nnc(N2CCN(CCO)CC2)o1. The highest BCUT2D eigenvalue weighted by molar-refractivity contribution is 5.25. The summed E-state index contributed by atoms with van der Waals surface area (Å²) in [5.74, 6) is 0.640. The van der Waals surface area contributed by atoms with E-state index in [1.54, 1.807) is 0 Å². The van der Waals surface area contributed by atoms with E-state index in [4.69, 9.17) is 9.52 Å². The molecule has 7 nitrogen and oxygen atoms in total. The zero-order valence-electron chi connectivity index (χ0n) is 11.5. The fourth-order valence-electron chi connectivity index (χ4n) is 2.12. The number of anilines is 1. The van der Waals surface area contributed by atoms with Gasteiger partial charge in [-0.25, -0.2) is 0 Å². The van der Waals surface area contributed by atoms with Crippen molar-refractivity contribution in [2.24, 2.45) is 0 Å². The van der Waals surface area contributed by atoms with Crippen LogP contribution in [0.5, 0.6) is 0 Å². The molecule has 1 fully saturated rings. The van der Waals surface area contributed by atoms with Gasteiger partial charge in [0.1, 0.15) is 0 Å². The standard InChI is InChI=1S/C12H23N5O2/c1-2-3-13-10-11-14-15-12(19-11)17-6-4-16(5-7-17)8-9-18/h13,18H,2-10H2,1H3. The molecule has 0 saturated carbocycles. The number of nitrogens with one attached hydrogen (secondary N) is 1. The summed E-state index contributed by atoms with van der Waals surface area (Å²) in [6, 6.07) is 0.608. The van der Waals surface area contributed by atoms with Crippen molar-refractivity contribution in [3.05, 3.63) is 5.89 Å². The summed E-state index contributed by atoms with van der Waals surface area (Å²) in [5, 5.41) is 20.3. The lowest BCUT2D eigenvalue weighted by Gasteiger charge is -2.33. The molecule has 1 saturated heterocycles. The second-order valence-electron chi connectivity index (χ2n) is 4.71. The summed E-state index contributed by atoms with van der Waals surface area (Å²) < 4.78 is 5.64. The smallest absolute Gasteiger partial charge is 0.318 e. The molecule has 0 bridgehead atoms. The minimum absolute atomic E-state index is 0.216. The van der Waals surface area contributed by atoms with Crippen LogP contribution in [-0.2, 0) is 6.54 Å². The summed E-state index contributed by atoms with van der Waals surface area (Å²) in [7, 11) is 0. The van der Waals surface area contributed by atoms with Crippen LogP contribution >= 0.6 is 0 Å². The monoisotopic (exact) mass is 269 g/mol. The van der Waals surface area contributed by atoms with Crippen LogP contribution in [0.3, 0.4) is 0 Å². The lowest BCUT2D eigenvalue weighted by Crippen LogP contribution is -2.47. The first-order valence-electron chi connectivity index (χ1n) is 6.94. The Labute approximate surface area is 113 Å². The minimum Gasteiger partial charge on any atom is -0.407 e. The van der Waals surface area contributed by atoms with E-state index in [1.807, 2.05) is 0 Å². The molecule has 0 unspecified atom stereocenters. The number of hydrogen-bond donors (Lipinski definition) is 2. The Morgan fingerprint density at radius 1 is 1.26 bits per heavy atom. The first kappa shape index (κ1) is 14.2. The van der Waals surface area contributed by atoms with Gasteiger partial charge in [0.25, 0.3) is 0 Å². The van der Waals surface area contributed by atoms with Crippen LogP contribution in [0.4, 0.5) is 6.01 Å².